The van der Waals surface area contributed by atoms with Crippen LogP contribution in [0.25, 0.3) is 0 Å². The van der Waals surface area contributed by atoms with Crippen LogP contribution in [0.5, 0.6) is 5.75 Å². The molecule has 0 bridgehead atoms. The summed E-state index contributed by atoms with van der Waals surface area (Å²) in [7, 11) is 0. The number of likely N-dealkylation sites (tertiary alicyclic amines) is 1. The maximum Gasteiger partial charge on any atom is 0.115 e. The van der Waals surface area contributed by atoms with Gasteiger partial charge in [-0.3, -0.25) is 0 Å². The highest BCUT2D eigenvalue weighted by Gasteiger charge is 2.39. The third-order valence-corrected chi connectivity index (χ3v) is 5.47. The van der Waals surface area contributed by atoms with Crippen molar-refractivity contribution in [2.24, 2.45) is 11.8 Å². The molecule has 4 atom stereocenters. The second-order valence-corrected chi connectivity index (χ2v) is 7.46. The van der Waals surface area contributed by atoms with Crippen molar-refractivity contribution in [1.82, 2.24) is 4.90 Å². The molecule has 1 heterocycles. The van der Waals surface area contributed by atoms with Crippen molar-refractivity contribution in [2.75, 3.05) is 19.6 Å². The molecule has 1 saturated heterocycles. The molecular formula is C22H29NO3. The van der Waals surface area contributed by atoms with Crippen LogP contribution in [0.15, 0.2) is 60.7 Å². The maximum atomic E-state index is 10.2. The second-order valence-electron chi connectivity index (χ2n) is 7.46. The van der Waals surface area contributed by atoms with E-state index in [0.717, 1.165) is 38.0 Å². The highest BCUT2D eigenvalue weighted by Crippen LogP contribution is 2.38. The molecule has 0 amide bonds. The number of fused-ring (bicyclic) bond motifs is 1. The quantitative estimate of drug-likeness (QED) is 0.788. The molecule has 0 spiro atoms. The summed E-state index contributed by atoms with van der Waals surface area (Å²) in [5.41, 5.74) is 0.859. The van der Waals surface area contributed by atoms with Crippen molar-refractivity contribution in [2.45, 2.75) is 31.5 Å². The number of nitrogens with zero attached hydrogens (tertiary/aromatic N) is 1. The molecule has 3 N–H and O–H groups in total. The summed E-state index contributed by atoms with van der Waals surface area (Å²) in [6.07, 6.45) is 2.05. The Morgan fingerprint density at radius 2 is 1.38 bits per heavy atom. The van der Waals surface area contributed by atoms with Crippen LogP contribution in [-0.2, 0) is 0 Å². The molecule has 4 heteroatoms. The van der Waals surface area contributed by atoms with E-state index in [0.29, 0.717) is 18.3 Å². The number of hydrogen-bond donors (Lipinski definition) is 3. The first kappa shape index (κ1) is 18.9. The van der Waals surface area contributed by atoms with Crippen LogP contribution in [0.4, 0.5) is 0 Å². The van der Waals surface area contributed by atoms with E-state index < -0.39 is 6.10 Å². The number of phenolic OH excluding ortho intramolecular Hbond substituents is 1. The average Bonchev–Trinajstić information content (AvgIpc) is 3.19. The maximum absolute atomic E-state index is 10.2. The minimum absolute atomic E-state index is 0.0882. The van der Waals surface area contributed by atoms with Crippen molar-refractivity contribution < 1.29 is 15.3 Å². The topological polar surface area (TPSA) is 63.9 Å². The third kappa shape index (κ3) is 5.31. The Labute approximate surface area is 155 Å². The zero-order valence-electron chi connectivity index (χ0n) is 15.1. The van der Waals surface area contributed by atoms with Crippen molar-refractivity contribution in [1.29, 1.82) is 0 Å². The Balaban J connectivity index is 0.000000278. The fourth-order valence-electron chi connectivity index (χ4n) is 4.10. The molecule has 2 aromatic rings. The molecule has 26 heavy (non-hydrogen) atoms. The summed E-state index contributed by atoms with van der Waals surface area (Å²) in [5, 5.41) is 29.0. The molecule has 2 unspecified atom stereocenters. The molecule has 140 valence electrons. The Morgan fingerprint density at radius 1 is 0.885 bits per heavy atom. The van der Waals surface area contributed by atoms with Gasteiger partial charge in [-0.05, 0) is 48.8 Å². The van der Waals surface area contributed by atoms with Crippen LogP contribution in [0.1, 0.15) is 30.9 Å². The third-order valence-electron chi connectivity index (χ3n) is 5.47. The molecule has 4 rings (SSSR count). The molecule has 2 fully saturated rings. The van der Waals surface area contributed by atoms with Gasteiger partial charge in [-0.25, -0.2) is 0 Å². The lowest BCUT2D eigenvalue weighted by molar-refractivity contribution is 0.137. The predicted molar refractivity (Wildman–Crippen MR) is 103 cm³/mol. The van der Waals surface area contributed by atoms with Gasteiger partial charge in [-0.15, -0.1) is 0 Å². The van der Waals surface area contributed by atoms with E-state index in [4.69, 9.17) is 0 Å². The lowest BCUT2D eigenvalue weighted by Gasteiger charge is -2.19. The predicted octanol–water partition coefficient (Wildman–Crippen LogP) is 3.21. The van der Waals surface area contributed by atoms with Crippen LogP contribution in [0, 0.1) is 11.8 Å². The first-order valence-electron chi connectivity index (χ1n) is 9.49. The molecular weight excluding hydrogens is 326 g/mol. The van der Waals surface area contributed by atoms with Crippen LogP contribution in [-0.4, -0.2) is 46.0 Å². The van der Waals surface area contributed by atoms with E-state index in [1.165, 1.54) is 0 Å². The Bertz CT molecular complexity index is 605. The van der Waals surface area contributed by atoms with Crippen molar-refractivity contribution in [3.8, 4) is 5.75 Å². The summed E-state index contributed by atoms with van der Waals surface area (Å²) >= 11 is 0. The first-order chi connectivity index (χ1) is 12.6. The molecule has 1 aliphatic carbocycles. The lowest BCUT2D eigenvalue weighted by atomic mass is 10.0. The molecule has 0 aromatic heterocycles. The van der Waals surface area contributed by atoms with Gasteiger partial charge in [-0.1, -0.05) is 48.5 Å². The minimum atomic E-state index is -0.471. The summed E-state index contributed by atoms with van der Waals surface area (Å²) in [6, 6.07) is 18.8. The van der Waals surface area contributed by atoms with E-state index >= 15 is 0 Å². The highest BCUT2D eigenvalue weighted by molar-refractivity contribution is 5.27. The van der Waals surface area contributed by atoms with Crippen molar-refractivity contribution in [3.63, 3.8) is 0 Å². The number of aliphatic hydroxyl groups is 2. The molecule has 2 aromatic carbocycles. The lowest BCUT2D eigenvalue weighted by Crippen LogP contribution is -2.25. The Hall–Kier alpha value is -1.88. The fraction of sp³-hybridized carbons (Fsp3) is 0.455. The van der Waals surface area contributed by atoms with E-state index in [1.54, 1.807) is 24.3 Å². The smallest absolute Gasteiger partial charge is 0.115 e. The normalized spacial score (nSPS) is 26.0. The number of rotatable bonds is 4. The second kappa shape index (κ2) is 9.17. The van der Waals surface area contributed by atoms with Gasteiger partial charge in [0.1, 0.15) is 5.75 Å². The van der Waals surface area contributed by atoms with Gasteiger partial charge in [0.25, 0.3) is 0 Å². The average molecular weight is 355 g/mol. The van der Waals surface area contributed by atoms with Crippen LogP contribution >= 0.6 is 0 Å². The van der Waals surface area contributed by atoms with Gasteiger partial charge in [0.15, 0.2) is 0 Å². The summed E-state index contributed by atoms with van der Waals surface area (Å²) in [5.74, 6) is 1.53. The van der Waals surface area contributed by atoms with Crippen LogP contribution < -0.4 is 0 Å². The van der Waals surface area contributed by atoms with E-state index in [2.05, 4.69) is 4.90 Å². The number of benzene rings is 2. The van der Waals surface area contributed by atoms with Crippen molar-refractivity contribution >= 4 is 0 Å². The zero-order valence-corrected chi connectivity index (χ0v) is 15.1. The summed E-state index contributed by atoms with van der Waals surface area (Å²) in [4.78, 5) is 2.41. The van der Waals surface area contributed by atoms with E-state index in [9.17, 15) is 15.3 Å². The van der Waals surface area contributed by atoms with Gasteiger partial charge in [-0.2, -0.15) is 0 Å². The molecule has 4 nitrogen and oxygen atoms in total. The highest BCUT2D eigenvalue weighted by atomic mass is 16.3. The number of hydrogen-bond acceptors (Lipinski definition) is 4. The largest absolute Gasteiger partial charge is 0.508 e. The Kier molecular flexibility index (Phi) is 6.67. The summed E-state index contributed by atoms with van der Waals surface area (Å²) in [6.45, 7) is 3.01. The molecule has 1 saturated carbocycles. The zero-order chi connectivity index (χ0) is 18.4. The SMILES string of the molecule is Oc1ccc(C(O)CCN2C[C@H]3CC(O)C[C@H]3C2)cc1.c1ccccc1. The number of phenols is 1. The summed E-state index contributed by atoms with van der Waals surface area (Å²) < 4.78 is 0. The number of aromatic hydroxyl groups is 1. The van der Waals surface area contributed by atoms with Gasteiger partial charge < -0.3 is 20.2 Å². The van der Waals surface area contributed by atoms with Gasteiger partial charge in [0, 0.05) is 19.6 Å². The molecule has 1 aliphatic heterocycles. The molecule has 0 radical (unpaired) electrons. The van der Waals surface area contributed by atoms with Gasteiger partial charge >= 0.3 is 0 Å². The van der Waals surface area contributed by atoms with E-state index in [1.807, 2.05) is 36.4 Å². The van der Waals surface area contributed by atoms with Crippen LogP contribution in [0.2, 0.25) is 0 Å². The first-order valence-corrected chi connectivity index (χ1v) is 9.49. The van der Waals surface area contributed by atoms with Gasteiger partial charge in [0.05, 0.1) is 12.2 Å². The standard InChI is InChI=1S/C16H23NO3.C6H6/c18-14-3-1-11(2-4-14)16(20)5-6-17-9-12-7-15(19)8-13(12)10-17;1-2-4-6-5-3-1/h1-4,12-13,15-16,18-20H,5-10H2;1-6H/t12-,13+,15?,16?;. The monoisotopic (exact) mass is 355 g/mol. The minimum Gasteiger partial charge on any atom is -0.508 e. The van der Waals surface area contributed by atoms with E-state index in [-0.39, 0.29) is 11.9 Å². The number of aliphatic hydroxyl groups excluding tert-OH is 2. The fourth-order valence-corrected chi connectivity index (χ4v) is 4.10. The van der Waals surface area contributed by atoms with Gasteiger partial charge in [0.2, 0.25) is 0 Å². The van der Waals surface area contributed by atoms with Crippen molar-refractivity contribution in [3.05, 3.63) is 66.2 Å². The Morgan fingerprint density at radius 3 is 1.88 bits per heavy atom. The molecule has 2 aliphatic rings. The van der Waals surface area contributed by atoms with Crippen LogP contribution in [0.3, 0.4) is 0 Å².